The van der Waals surface area contributed by atoms with Crippen LogP contribution in [0.4, 0.5) is 18.9 Å². The minimum absolute atomic E-state index is 0.0356. The number of alkyl halides is 3. The van der Waals surface area contributed by atoms with Crippen molar-refractivity contribution in [1.29, 1.82) is 0 Å². The van der Waals surface area contributed by atoms with Crippen LogP contribution in [0.5, 0.6) is 0 Å². The molecule has 2 aliphatic rings. The van der Waals surface area contributed by atoms with E-state index in [0.29, 0.717) is 25.2 Å². The fraction of sp³-hybridized carbons (Fsp3) is 0.462. The molecule has 3 nitrogen and oxygen atoms in total. The maximum absolute atomic E-state index is 12.7. The number of rotatable bonds is 0. The third-order valence-corrected chi connectivity index (χ3v) is 4.31. The first-order valence-corrected chi connectivity index (χ1v) is 6.56. The molecular weight excluding hydrogens is 293 g/mol. The first-order chi connectivity index (χ1) is 9.33. The van der Waals surface area contributed by atoms with Gasteiger partial charge in [-0.3, -0.25) is 4.79 Å². The van der Waals surface area contributed by atoms with Crippen LogP contribution in [0.25, 0.3) is 0 Å². The topological polar surface area (TPSA) is 23.6 Å². The number of anilines is 1. The Morgan fingerprint density at radius 1 is 1.25 bits per heavy atom. The van der Waals surface area contributed by atoms with Crippen molar-refractivity contribution in [2.24, 2.45) is 0 Å². The van der Waals surface area contributed by atoms with E-state index in [1.54, 1.807) is 28.7 Å². The van der Waals surface area contributed by atoms with Crippen LogP contribution in [0.15, 0.2) is 24.3 Å². The summed E-state index contributed by atoms with van der Waals surface area (Å²) in [5, 5.41) is 0. The lowest BCUT2D eigenvalue weighted by molar-refractivity contribution is -0.170. The van der Waals surface area contributed by atoms with Gasteiger partial charge in [-0.2, -0.15) is 13.2 Å². The summed E-state index contributed by atoms with van der Waals surface area (Å²) in [6.07, 6.45) is -4.22. The highest BCUT2D eigenvalue weighted by atomic mass is 35.5. The van der Waals surface area contributed by atoms with Gasteiger partial charge in [0, 0.05) is 30.7 Å². The van der Waals surface area contributed by atoms with E-state index in [-0.39, 0.29) is 6.54 Å². The second kappa shape index (κ2) is 4.36. The molecule has 0 saturated carbocycles. The Labute approximate surface area is 119 Å². The van der Waals surface area contributed by atoms with Gasteiger partial charge in [-0.1, -0.05) is 18.2 Å². The zero-order valence-electron chi connectivity index (χ0n) is 10.5. The van der Waals surface area contributed by atoms with E-state index in [9.17, 15) is 18.0 Å². The van der Waals surface area contributed by atoms with Crippen LogP contribution < -0.4 is 4.90 Å². The fourth-order valence-electron chi connectivity index (χ4n) is 3.14. The molecule has 0 radical (unpaired) electrons. The smallest absolute Gasteiger partial charge is 0.303 e. The Bertz CT molecular complexity index is 563. The van der Waals surface area contributed by atoms with Gasteiger partial charge in [0.25, 0.3) is 0 Å². The lowest BCUT2D eigenvalue weighted by Gasteiger charge is -2.24. The summed E-state index contributed by atoms with van der Waals surface area (Å²) in [5.74, 6) is -1.81. The average Bonchev–Trinajstić information content (AvgIpc) is 2.91. The zero-order chi connectivity index (χ0) is 14.5. The largest absolute Gasteiger partial charge is 0.471 e. The number of halogens is 4. The van der Waals surface area contributed by atoms with Crippen LogP contribution in [0.3, 0.4) is 0 Å². The number of para-hydroxylation sites is 1. The highest BCUT2D eigenvalue weighted by Crippen LogP contribution is 2.47. The zero-order valence-corrected chi connectivity index (χ0v) is 11.2. The van der Waals surface area contributed by atoms with Gasteiger partial charge in [-0.05, 0) is 29.8 Å². The standard InChI is InChI=1S/C13H12ClF3N2O/c14-18-6-5-12(7-18)8-19(11(20)13(15,16)17)10-4-2-1-3-9(10)12/h1-4H,5-8H2. The van der Waals surface area contributed by atoms with Crippen LogP contribution >= 0.6 is 11.8 Å². The van der Waals surface area contributed by atoms with Crippen molar-refractivity contribution in [1.82, 2.24) is 4.42 Å². The predicted molar refractivity (Wildman–Crippen MR) is 68.6 cm³/mol. The van der Waals surface area contributed by atoms with Crippen molar-refractivity contribution in [2.45, 2.75) is 18.0 Å². The highest BCUT2D eigenvalue weighted by Gasteiger charge is 2.53. The van der Waals surface area contributed by atoms with Crippen LogP contribution in [-0.4, -0.2) is 36.1 Å². The molecule has 1 unspecified atom stereocenters. The van der Waals surface area contributed by atoms with Gasteiger partial charge < -0.3 is 4.90 Å². The van der Waals surface area contributed by atoms with E-state index in [0.717, 1.165) is 10.5 Å². The molecule has 0 aliphatic carbocycles. The van der Waals surface area contributed by atoms with Crippen molar-refractivity contribution in [3.8, 4) is 0 Å². The molecule has 2 heterocycles. The number of benzene rings is 1. The van der Waals surface area contributed by atoms with Gasteiger partial charge in [0.15, 0.2) is 0 Å². The molecule has 1 atom stereocenters. The molecule has 20 heavy (non-hydrogen) atoms. The van der Waals surface area contributed by atoms with Gasteiger partial charge in [0.05, 0.1) is 0 Å². The van der Waals surface area contributed by atoms with E-state index in [2.05, 4.69) is 0 Å². The molecule has 1 fully saturated rings. The Kier molecular flexibility index (Phi) is 2.99. The normalized spacial score (nSPS) is 26.3. The molecule has 1 saturated heterocycles. The molecule has 1 aromatic rings. The average molecular weight is 305 g/mol. The van der Waals surface area contributed by atoms with Crippen LogP contribution in [0.2, 0.25) is 0 Å². The first kappa shape index (κ1) is 13.7. The molecular formula is C13H12ClF3N2O. The molecule has 3 rings (SSSR count). The minimum Gasteiger partial charge on any atom is -0.303 e. The van der Waals surface area contributed by atoms with E-state index in [4.69, 9.17) is 11.8 Å². The minimum atomic E-state index is -4.86. The summed E-state index contributed by atoms with van der Waals surface area (Å²) >= 11 is 5.97. The summed E-state index contributed by atoms with van der Waals surface area (Å²) in [6, 6.07) is 6.76. The van der Waals surface area contributed by atoms with E-state index in [1.165, 1.54) is 0 Å². The summed E-state index contributed by atoms with van der Waals surface area (Å²) in [5.41, 5.74) is 0.641. The van der Waals surface area contributed by atoms with Crippen molar-refractivity contribution < 1.29 is 18.0 Å². The van der Waals surface area contributed by atoms with Gasteiger partial charge in [-0.25, -0.2) is 4.42 Å². The predicted octanol–water partition coefficient (Wildman–Crippen LogP) is 2.69. The van der Waals surface area contributed by atoms with Gasteiger partial charge in [0.1, 0.15) is 0 Å². The van der Waals surface area contributed by atoms with Crippen molar-refractivity contribution in [3.63, 3.8) is 0 Å². The summed E-state index contributed by atoms with van der Waals surface area (Å²) < 4.78 is 39.7. The Morgan fingerprint density at radius 3 is 2.55 bits per heavy atom. The van der Waals surface area contributed by atoms with E-state index >= 15 is 0 Å². The molecule has 0 N–H and O–H groups in total. The molecule has 1 aromatic carbocycles. The van der Waals surface area contributed by atoms with Crippen LogP contribution in [0, 0.1) is 0 Å². The molecule has 108 valence electrons. The quantitative estimate of drug-likeness (QED) is 0.688. The summed E-state index contributed by atoms with van der Waals surface area (Å²) in [7, 11) is 0. The maximum Gasteiger partial charge on any atom is 0.471 e. The molecule has 0 aromatic heterocycles. The number of fused-ring (bicyclic) bond motifs is 2. The number of nitrogens with zero attached hydrogens (tertiary/aromatic N) is 2. The highest BCUT2D eigenvalue weighted by molar-refractivity contribution is 6.13. The van der Waals surface area contributed by atoms with Crippen molar-refractivity contribution in [3.05, 3.63) is 29.8 Å². The van der Waals surface area contributed by atoms with Gasteiger partial charge in [-0.15, -0.1) is 0 Å². The summed E-state index contributed by atoms with van der Waals surface area (Å²) in [4.78, 5) is 12.4. The number of amides is 1. The lowest BCUT2D eigenvalue weighted by atomic mass is 9.82. The van der Waals surface area contributed by atoms with Crippen molar-refractivity contribution in [2.75, 3.05) is 24.5 Å². The van der Waals surface area contributed by atoms with Gasteiger partial charge >= 0.3 is 12.1 Å². The summed E-state index contributed by atoms with van der Waals surface area (Å²) in [6.45, 7) is 1.09. The second-order valence-corrected chi connectivity index (χ2v) is 5.76. The molecule has 0 bridgehead atoms. The Morgan fingerprint density at radius 2 is 1.95 bits per heavy atom. The number of carbonyl (C=O) groups is 1. The lowest BCUT2D eigenvalue weighted by Crippen LogP contribution is -2.44. The molecule has 1 spiro atoms. The third-order valence-electron chi connectivity index (χ3n) is 4.02. The molecule has 2 aliphatic heterocycles. The Hall–Kier alpha value is -1.27. The SMILES string of the molecule is O=C(N1CC2(CCN(Cl)C2)c2ccccc21)C(F)(F)F. The first-order valence-electron chi connectivity index (χ1n) is 6.22. The third kappa shape index (κ3) is 1.98. The van der Waals surface area contributed by atoms with Gasteiger partial charge in [0.2, 0.25) is 0 Å². The monoisotopic (exact) mass is 304 g/mol. The number of hydrogen-bond acceptors (Lipinski definition) is 2. The molecule has 7 heteroatoms. The Balaban J connectivity index is 2.03. The van der Waals surface area contributed by atoms with Crippen LogP contribution in [0.1, 0.15) is 12.0 Å². The number of carbonyl (C=O) groups excluding carboxylic acids is 1. The maximum atomic E-state index is 12.7. The second-order valence-electron chi connectivity index (χ2n) is 5.28. The van der Waals surface area contributed by atoms with Crippen molar-refractivity contribution >= 4 is 23.4 Å². The fourth-order valence-corrected chi connectivity index (χ4v) is 3.45. The van der Waals surface area contributed by atoms with E-state index < -0.39 is 17.5 Å². The van der Waals surface area contributed by atoms with Crippen LogP contribution in [-0.2, 0) is 10.2 Å². The number of hydrogen-bond donors (Lipinski definition) is 0. The van der Waals surface area contributed by atoms with E-state index in [1.807, 2.05) is 0 Å². The molecule has 1 amide bonds.